The van der Waals surface area contributed by atoms with Gasteiger partial charge >= 0.3 is 0 Å². The first-order valence-corrected chi connectivity index (χ1v) is 17.4. The lowest BCUT2D eigenvalue weighted by atomic mass is 9.91. The standard InChI is InChI=1S/C47H33N3O/c1-3-13-34(14-4-1)45-48-46(35-15-5-2-6-16-35)50-47(49-45)44-38-18-10-8-11-31(38)23-26-39(44)33-21-19-30(20-22-33)36-25-27-41-40(29-36)43-37-17-9-7-12-32(37)24-28-42(43)51-41/h1-29,45,47,49H,(H,48,50). The summed E-state index contributed by atoms with van der Waals surface area (Å²) in [5.74, 6) is 0.873. The number of benzene rings is 8. The summed E-state index contributed by atoms with van der Waals surface area (Å²) in [6, 6.07) is 62.3. The van der Waals surface area contributed by atoms with Crippen LogP contribution in [-0.4, -0.2) is 5.84 Å². The molecular formula is C47H33N3O. The summed E-state index contributed by atoms with van der Waals surface area (Å²) < 4.78 is 6.28. The molecule has 2 heterocycles. The molecule has 2 unspecified atom stereocenters. The summed E-state index contributed by atoms with van der Waals surface area (Å²) in [6.07, 6.45) is -0.414. The molecule has 0 aliphatic carbocycles. The Hall–Kier alpha value is -6.49. The lowest BCUT2D eigenvalue weighted by Gasteiger charge is -2.33. The van der Waals surface area contributed by atoms with Gasteiger partial charge in [-0.2, -0.15) is 0 Å². The van der Waals surface area contributed by atoms with Crippen LogP contribution >= 0.6 is 0 Å². The normalized spacial score (nSPS) is 16.0. The first kappa shape index (κ1) is 29.4. The Labute approximate surface area is 295 Å². The van der Waals surface area contributed by atoms with Crippen LogP contribution in [0.25, 0.3) is 65.7 Å². The lowest BCUT2D eigenvalue weighted by Crippen LogP contribution is -2.45. The van der Waals surface area contributed by atoms with Gasteiger partial charge in [0, 0.05) is 21.9 Å². The molecular weight excluding hydrogens is 623 g/mol. The van der Waals surface area contributed by atoms with Gasteiger partial charge in [-0.05, 0) is 67.6 Å². The fourth-order valence-corrected chi connectivity index (χ4v) is 7.68. The second-order valence-corrected chi connectivity index (χ2v) is 13.2. The third kappa shape index (κ3) is 5.16. The molecule has 0 spiro atoms. The van der Waals surface area contributed by atoms with Crippen LogP contribution in [0.1, 0.15) is 29.0 Å². The van der Waals surface area contributed by atoms with Crippen LogP contribution in [0.2, 0.25) is 0 Å². The van der Waals surface area contributed by atoms with Gasteiger partial charge in [0.15, 0.2) is 0 Å². The highest BCUT2D eigenvalue weighted by Crippen LogP contribution is 2.40. The van der Waals surface area contributed by atoms with E-state index in [1.54, 1.807) is 0 Å². The van der Waals surface area contributed by atoms with Gasteiger partial charge in [0.05, 0.1) is 0 Å². The average molecular weight is 656 g/mol. The molecule has 0 amide bonds. The topological polar surface area (TPSA) is 49.6 Å². The molecule has 0 saturated carbocycles. The molecule has 9 aromatic rings. The molecule has 2 N–H and O–H groups in total. The number of amidine groups is 1. The number of fused-ring (bicyclic) bond motifs is 6. The first-order chi connectivity index (χ1) is 25.3. The van der Waals surface area contributed by atoms with E-state index >= 15 is 0 Å². The van der Waals surface area contributed by atoms with Crippen LogP contribution in [0.5, 0.6) is 0 Å². The van der Waals surface area contributed by atoms with Crippen molar-refractivity contribution in [3.05, 3.63) is 193 Å². The van der Waals surface area contributed by atoms with Crippen LogP contribution < -0.4 is 10.6 Å². The summed E-state index contributed by atoms with van der Waals surface area (Å²) in [6.45, 7) is 0. The Bertz CT molecular complexity index is 2750. The number of rotatable bonds is 5. The van der Waals surface area contributed by atoms with Gasteiger partial charge in [-0.3, -0.25) is 5.32 Å². The zero-order valence-electron chi connectivity index (χ0n) is 27.8. The Morgan fingerprint density at radius 3 is 1.90 bits per heavy atom. The van der Waals surface area contributed by atoms with Crippen molar-refractivity contribution in [3.63, 3.8) is 0 Å². The predicted octanol–water partition coefficient (Wildman–Crippen LogP) is 11.6. The number of nitrogens with one attached hydrogen (secondary N) is 2. The second kappa shape index (κ2) is 12.1. The highest BCUT2D eigenvalue weighted by molar-refractivity contribution is 6.19. The number of hydrogen-bond acceptors (Lipinski definition) is 4. The minimum absolute atomic E-state index is 0.121. The molecule has 4 nitrogen and oxygen atoms in total. The Morgan fingerprint density at radius 2 is 1.10 bits per heavy atom. The van der Waals surface area contributed by atoms with Crippen LogP contribution in [0.4, 0.5) is 0 Å². The molecule has 0 fully saturated rings. The lowest BCUT2D eigenvalue weighted by molar-refractivity contribution is 0.411. The maximum atomic E-state index is 6.28. The molecule has 51 heavy (non-hydrogen) atoms. The van der Waals surface area contributed by atoms with E-state index in [1.807, 2.05) is 6.07 Å². The first-order valence-electron chi connectivity index (χ1n) is 17.4. The van der Waals surface area contributed by atoms with Gasteiger partial charge in [0.25, 0.3) is 0 Å². The maximum absolute atomic E-state index is 6.28. The molecule has 8 aromatic carbocycles. The zero-order chi connectivity index (χ0) is 33.7. The van der Waals surface area contributed by atoms with Crippen molar-refractivity contribution in [3.8, 4) is 22.3 Å². The van der Waals surface area contributed by atoms with Gasteiger partial charge in [-0.15, -0.1) is 0 Å². The predicted molar refractivity (Wildman–Crippen MR) is 211 cm³/mol. The fraction of sp³-hybridized carbons (Fsp3) is 0.0426. The van der Waals surface area contributed by atoms with Gasteiger partial charge in [0.2, 0.25) is 0 Å². The van der Waals surface area contributed by atoms with E-state index in [1.165, 1.54) is 26.9 Å². The zero-order valence-corrected chi connectivity index (χ0v) is 27.8. The minimum Gasteiger partial charge on any atom is -0.456 e. The van der Waals surface area contributed by atoms with Crippen molar-refractivity contribution in [1.29, 1.82) is 0 Å². The molecule has 242 valence electrons. The van der Waals surface area contributed by atoms with Crippen molar-refractivity contribution in [1.82, 2.24) is 10.6 Å². The largest absolute Gasteiger partial charge is 0.456 e. The van der Waals surface area contributed by atoms with Crippen LogP contribution in [0.3, 0.4) is 0 Å². The van der Waals surface area contributed by atoms with E-state index < -0.39 is 0 Å². The maximum Gasteiger partial charge on any atom is 0.136 e. The Balaban J connectivity index is 1.09. The molecule has 0 saturated heterocycles. The molecule has 1 aromatic heterocycles. The number of aliphatic imine (C=N–C) groups is 1. The summed E-state index contributed by atoms with van der Waals surface area (Å²) in [5, 5.41) is 14.6. The van der Waals surface area contributed by atoms with E-state index in [9.17, 15) is 0 Å². The van der Waals surface area contributed by atoms with Crippen molar-refractivity contribution >= 4 is 49.3 Å². The SMILES string of the molecule is c1ccc(C2=NC(c3c(-c4ccc(-c5ccc6oc7ccc8ccccc8c7c6c5)cc4)ccc4ccccc34)NC(c3ccccc3)N2)cc1. The fourth-order valence-electron chi connectivity index (χ4n) is 7.68. The van der Waals surface area contributed by atoms with Crippen molar-refractivity contribution < 1.29 is 4.42 Å². The molecule has 1 aliphatic rings. The highest BCUT2D eigenvalue weighted by atomic mass is 16.3. The van der Waals surface area contributed by atoms with Gasteiger partial charge in [0.1, 0.15) is 29.3 Å². The third-order valence-corrected chi connectivity index (χ3v) is 10.2. The Morgan fingerprint density at radius 1 is 0.471 bits per heavy atom. The quantitative estimate of drug-likeness (QED) is 0.194. The molecule has 10 rings (SSSR count). The minimum atomic E-state index is -0.293. The van der Waals surface area contributed by atoms with E-state index in [-0.39, 0.29) is 12.3 Å². The van der Waals surface area contributed by atoms with Crippen LogP contribution in [0, 0.1) is 0 Å². The summed E-state index contributed by atoms with van der Waals surface area (Å²) in [5.41, 5.74) is 9.82. The third-order valence-electron chi connectivity index (χ3n) is 10.2. The molecule has 0 radical (unpaired) electrons. The van der Waals surface area contributed by atoms with E-state index in [2.05, 4.69) is 180 Å². The number of hydrogen-bond donors (Lipinski definition) is 2. The van der Waals surface area contributed by atoms with Crippen molar-refractivity contribution in [2.75, 3.05) is 0 Å². The summed E-state index contributed by atoms with van der Waals surface area (Å²) in [7, 11) is 0. The highest BCUT2D eigenvalue weighted by Gasteiger charge is 2.28. The second-order valence-electron chi connectivity index (χ2n) is 13.2. The monoisotopic (exact) mass is 655 g/mol. The molecule has 4 heteroatoms. The van der Waals surface area contributed by atoms with Crippen molar-refractivity contribution in [2.24, 2.45) is 4.99 Å². The number of furan rings is 1. The van der Waals surface area contributed by atoms with Gasteiger partial charge in [-0.25, -0.2) is 4.99 Å². The van der Waals surface area contributed by atoms with Crippen LogP contribution in [-0.2, 0) is 0 Å². The smallest absolute Gasteiger partial charge is 0.136 e. The molecule has 2 atom stereocenters. The number of nitrogens with zero attached hydrogens (tertiary/aromatic N) is 1. The van der Waals surface area contributed by atoms with Gasteiger partial charge < -0.3 is 9.73 Å². The Kier molecular flexibility index (Phi) is 7.00. The molecule has 0 bridgehead atoms. The van der Waals surface area contributed by atoms with E-state index in [0.717, 1.165) is 61.3 Å². The molecule has 1 aliphatic heterocycles. The average Bonchev–Trinajstić information content (AvgIpc) is 3.59. The van der Waals surface area contributed by atoms with Crippen molar-refractivity contribution in [2.45, 2.75) is 12.3 Å². The van der Waals surface area contributed by atoms with Gasteiger partial charge in [-0.1, -0.05) is 158 Å². The van der Waals surface area contributed by atoms with E-state index in [4.69, 9.17) is 9.41 Å². The van der Waals surface area contributed by atoms with E-state index in [0.29, 0.717) is 0 Å². The summed E-state index contributed by atoms with van der Waals surface area (Å²) >= 11 is 0. The van der Waals surface area contributed by atoms with Crippen LogP contribution in [0.15, 0.2) is 185 Å². The summed E-state index contributed by atoms with van der Waals surface area (Å²) in [4.78, 5) is 5.36.